The molecule has 1 atom stereocenters. The highest BCUT2D eigenvalue weighted by Gasteiger charge is 2.26. The van der Waals surface area contributed by atoms with E-state index in [0.717, 1.165) is 31.1 Å². The Morgan fingerprint density at radius 2 is 2.14 bits per heavy atom. The zero-order chi connectivity index (χ0) is 14.7. The summed E-state index contributed by atoms with van der Waals surface area (Å²) >= 11 is 1.83. The molecule has 1 aliphatic heterocycles. The first-order valence-electron chi connectivity index (χ1n) is 7.27. The smallest absolute Gasteiger partial charge is 0.122 e. The number of rotatable bonds is 5. The van der Waals surface area contributed by atoms with Gasteiger partial charge in [-0.3, -0.25) is 4.90 Å². The Kier molecular flexibility index (Phi) is 4.46. The van der Waals surface area contributed by atoms with Gasteiger partial charge in [-0.05, 0) is 42.6 Å². The van der Waals surface area contributed by atoms with Gasteiger partial charge in [-0.25, -0.2) is 0 Å². The van der Waals surface area contributed by atoms with E-state index in [4.69, 9.17) is 9.47 Å². The van der Waals surface area contributed by atoms with Gasteiger partial charge in [0.05, 0.1) is 14.2 Å². The fraction of sp³-hybridized carbons (Fsp3) is 0.412. The van der Waals surface area contributed by atoms with Crippen LogP contribution in [0.25, 0.3) is 0 Å². The van der Waals surface area contributed by atoms with E-state index in [1.807, 2.05) is 23.5 Å². The summed E-state index contributed by atoms with van der Waals surface area (Å²) in [6.07, 6.45) is 1.18. The summed E-state index contributed by atoms with van der Waals surface area (Å²) in [5.41, 5.74) is 1.27. The number of hydrogen-bond acceptors (Lipinski definition) is 4. The van der Waals surface area contributed by atoms with Gasteiger partial charge in [0.15, 0.2) is 0 Å². The van der Waals surface area contributed by atoms with Crippen LogP contribution < -0.4 is 9.47 Å². The number of nitrogens with zero attached hydrogens (tertiary/aromatic N) is 1. The minimum atomic E-state index is 0.523. The van der Waals surface area contributed by atoms with Crippen molar-refractivity contribution in [3.8, 4) is 11.5 Å². The summed E-state index contributed by atoms with van der Waals surface area (Å²) in [7, 11) is 3.45. The highest BCUT2D eigenvalue weighted by atomic mass is 32.1. The van der Waals surface area contributed by atoms with Crippen LogP contribution in [0.1, 0.15) is 22.8 Å². The molecule has 1 aromatic carbocycles. The Morgan fingerprint density at radius 3 is 2.86 bits per heavy atom. The van der Waals surface area contributed by atoms with E-state index in [0.29, 0.717) is 5.92 Å². The minimum absolute atomic E-state index is 0.523. The van der Waals surface area contributed by atoms with E-state index in [1.165, 1.54) is 16.9 Å². The van der Waals surface area contributed by atoms with Crippen LogP contribution in [0.5, 0.6) is 11.5 Å². The Labute approximate surface area is 130 Å². The van der Waals surface area contributed by atoms with E-state index in [-0.39, 0.29) is 0 Å². The quantitative estimate of drug-likeness (QED) is 0.839. The molecule has 112 valence electrons. The molecule has 0 aliphatic carbocycles. The van der Waals surface area contributed by atoms with Gasteiger partial charge >= 0.3 is 0 Å². The van der Waals surface area contributed by atoms with E-state index in [2.05, 4.69) is 28.5 Å². The first-order valence-corrected chi connectivity index (χ1v) is 8.15. The number of thiophene rings is 1. The number of likely N-dealkylation sites (tertiary alicyclic amines) is 1. The van der Waals surface area contributed by atoms with Gasteiger partial charge in [0.1, 0.15) is 11.5 Å². The van der Waals surface area contributed by atoms with E-state index >= 15 is 0 Å². The Balaban J connectivity index is 1.73. The molecule has 1 aromatic heterocycles. The lowest BCUT2D eigenvalue weighted by Gasteiger charge is -2.17. The van der Waals surface area contributed by atoms with Gasteiger partial charge in [0, 0.05) is 29.4 Å². The van der Waals surface area contributed by atoms with Crippen LogP contribution in [0, 0.1) is 0 Å². The maximum atomic E-state index is 5.53. The van der Waals surface area contributed by atoms with Crippen molar-refractivity contribution in [1.29, 1.82) is 0 Å². The zero-order valence-electron chi connectivity index (χ0n) is 12.5. The molecule has 1 unspecified atom stereocenters. The van der Waals surface area contributed by atoms with Gasteiger partial charge in [-0.1, -0.05) is 6.07 Å². The minimum Gasteiger partial charge on any atom is -0.497 e. The average Bonchev–Trinajstić information content (AvgIpc) is 3.19. The predicted octanol–water partition coefficient (Wildman–Crippen LogP) is 3.75. The van der Waals surface area contributed by atoms with Gasteiger partial charge in [-0.2, -0.15) is 0 Å². The Bertz CT molecular complexity index is 582. The summed E-state index contributed by atoms with van der Waals surface area (Å²) < 4.78 is 10.9. The molecule has 3 nitrogen and oxygen atoms in total. The van der Waals surface area contributed by atoms with Crippen LogP contribution in [-0.4, -0.2) is 32.2 Å². The van der Waals surface area contributed by atoms with Gasteiger partial charge in [-0.15, -0.1) is 11.3 Å². The van der Waals surface area contributed by atoms with Crippen molar-refractivity contribution in [2.75, 3.05) is 27.3 Å². The summed E-state index contributed by atoms with van der Waals surface area (Å²) in [6, 6.07) is 10.4. The fourth-order valence-corrected chi connectivity index (χ4v) is 3.76. The van der Waals surface area contributed by atoms with Crippen molar-refractivity contribution >= 4 is 11.3 Å². The van der Waals surface area contributed by atoms with Crippen LogP contribution >= 0.6 is 11.3 Å². The molecule has 2 heterocycles. The van der Waals surface area contributed by atoms with Crippen molar-refractivity contribution in [2.45, 2.75) is 18.9 Å². The number of benzene rings is 1. The van der Waals surface area contributed by atoms with E-state index < -0.39 is 0 Å². The summed E-state index contributed by atoms with van der Waals surface area (Å²) in [5.74, 6) is 2.40. The Morgan fingerprint density at radius 1 is 1.24 bits per heavy atom. The van der Waals surface area contributed by atoms with Crippen LogP contribution in [0.15, 0.2) is 35.7 Å². The SMILES string of the molecule is COc1ccc(OC)c(C2CCN(Cc3cccs3)C2)c1. The third kappa shape index (κ3) is 3.22. The second kappa shape index (κ2) is 6.50. The van der Waals surface area contributed by atoms with Gasteiger partial charge in [0.25, 0.3) is 0 Å². The zero-order valence-corrected chi connectivity index (χ0v) is 13.4. The molecule has 0 spiro atoms. The summed E-state index contributed by atoms with van der Waals surface area (Å²) in [4.78, 5) is 3.96. The molecule has 0 bridgehead atoms. The third-order valence-electron chi connectivity index (χ3n) is 4.11. The normalized spacial score (nSPS) is 18.9. The molecule has 0 radical (unpaired) electrons. The summed E-state index contributed by atoms with van der Waals surface area (Å²) in [5, 5.41) is 2.15. The van der Waals surface area contributed by atoms with Crippen LogP contribution in [0.4, 0.5) is 0 Å². The van der Waals surface area contributed by atoms with Gasteiger partial charge < -0.3 is 9.47 Å². The van der Waals surface area contributed by atoms with E-state index in [9.17, 15) is 0 Å². The second-order valence-electron chi connectivity index (χ2n) is 5.41. The molecule has 2 aromatic rings. The van der Waals surface area contributed by atoms with Crippen molar-refractivity contribution in [3.63, 3.8) is 0 Å². The van der Waals surface area contributed by atoms with E-state index in [1.54, 1.807) is 14.2 Å². The molecular weight excluding hydrogens is 282 g/mol. The predicted molar refractivity (Wildman–Crippen MR) is 86.5 cm³/mol. The molecular formula is C17H21NO2S. The molecule has 1 fully saturated rings. The first kappa shape index (κ1) is 14.4. The molecule has 1 saturated heterocycles. The standard InChI is InChI=1S/C17H21NO2S/c1-19-14-5-6-17(20-2)16(10-14)13-7-8-18(11-13)12-15-4-3-9-21-15/h3-6,9-10,13H,7-8,11-12H2,1-2H3. The largest absolute Gasteiger partial charge is 0.497 e. The molecule has 0 N–H and O–H groups in total. The first-order chi connectivity index (χ1) is 10.3. The van der Waals surface area contributed by atoms with Crippen LogP contribution in [0.2, 0.25) is 0 Å². The lowest BCUT2D eigenvalue weighted by Crippen LogP contribution is -2.19. The van der Waals surface area contributed by atoms with Crippen molar-refractivity contribution in [3.05, 3.63) is 46.2 Å². The average molecular weight is 303 g/mol. The highest BCUT2D eigenvalue weighted by Crippen LogP contribution is 2.36. The lowest BCUT2D eigenvalue weighted by molar-refractivity contribution is 0.328. The van der Waals surface area contributed by atoms with Crippen LogP contribution in [-0.2, 0) is 6.54 Å². The number of hydrogen-bond donors (Lipinski definition) is 0. The van der Waals surface area contributed by atoms with Gasteiger partial charge in [0.2, 0.25) is 0 Å². The monoisotopic (exact) mass is 303 g/mol. The fourth-order valence-electron chi connectivity index (χ4n) is 3.01. The topological polar surface area (TPSA) is 21.7 Å². The molecule has 21 heavy (non-hydrogen) atoms. The third-order valence-corrected chi connectivity index (χ3v) is 4.97. The highest BCUT2D eigenvalue weighted by molar-refractivity contribution is 7.09. The maximum absolute atomic E-state index is 5.53. The molecule has 3 rings (SSSR count). The molecule has 0 saturated carbocycles. The number of ether oxygens (including phenoxy) is 2. The maximum Gasteiger partial charge on any atom is 0.122 e. The van der Waals surface area contributed by atoms with Crippen molar-refractivity contribution < 1.29 is 9.47 Å². The van der Waals surface area contributed by atoms with Crippen LogP contribution in [0.3, 0.4) is 0 Å². The summed E-state index contributed by atoms with van der Waals surface area (Å²) in [6.45, 7) is 3.28. The molecule has 0 amide bonds. The van der Waals surface area contributed by atoms with Crippen molar-refractivity contribution in [1.82, 2.24) is 4.90 Å². The number of methoxy groups -OCH3 is 2. The Hall–Kier alpha value is -1.52. The molecule has 4 heteroatoms. The lowest BCUT2D eigenvalue weighted by atomic mass is 9.97. The molecule has 1 aliphatic rings. The second-order valence-corrected chi connectivity index (χ2v) is 6.44. The van der Waals surface area contributed by atoms with Crippen molar-refractivity contribution in [2.24, 2.45) is 0 Å².